The minimum atomic E-state index is -0.389. The van der Waals surface area contributed by atoms with Crippen LogP contribution in [0.5, 0.6) is 0 Å². The van der Waals surface area contributed by atoms with Crippen LogP contribution in [0.4, 0.5) is 0 Å². The smallest absolute Gasteiger partial charge is 0.261 e. The SMILES string of the molecule is Cn1nccc1[C@H](NC(=O)c1cc2c([nH]c1=O)CCCCC2)c1ccccc1. The molecule has 6 nitrogen and oxygen atoms in total. The number of H-pyrrole nitrogens is 1. The summed E-state index contributed by atoms with van der Waals surface area (Å²) < 4.78 is 1.74. The van der Waals surface area contributed by atoms with Gasteiger partial charge in [-0.25, -0.2) is 0 Å². The van der Waals surface area contributed by atoms with Gasteiger partial charge in [0, 0.05) is 18.9 Å². The van der Waals surface area contributed by atoms with Gasteiger partial charge in [0.1, 0.15) is 5.56 Å². The Hall–Kier alpha value is -3.15. The number of hydrogen-bond acceptors (Lipinski definition) is 3. The number of rotatable bonds is 4. The second kappa shape index (κ2) is 7.84. The second-order valence-corrected chi connectivity index (χ2v) is 7.27. The number of aromatic nitrogens is 3. The van der Waals surface area contributed by atoms with Crippen molar-refractivity contribution in [1.29, 1.82) is 0 Å². The van der Waals surface area contributed by atoms with Gasteiger partial charge in [-0.2, -0.15) is 5.10 Å². The Morgan fingerprint density at radius 2 is 1.93 bits per heavy atom. The first-order valence-electron chi connectivity index (χ1n) is 9.72. The monoisotopic (exact) mass is 376 g/mol. The van der Waals surface area contributed by atoms with E-state index in [1.807, 2.05) is 43.4 Å². The van der Waals surface area contributed by atoms with Crippen LogP contribution < -0.4 is 10.9 Å². The number of nitrogens with zero attached hydrogens (tertiary/aromatic N) is 2. The van der Waals surface area contributed by atoms with Crippen molar-refractivity contribution < 1.29 is 4.79 Å². The molecule has 1 amide bonds. The number of nitrogens with one attached hydrogen (secondary N) is 2. The van der Waals surface area contributed by atoms with Gasteiger partial charge in [-0.1, -0.05) is 36.8 Å². The fraction of sp³-hybridized carbons (Fsp3) is 0.318. The molecule has 0 unspecified atom stereocenters. The van der Waals surface area contributed by atoms with Crippen LogP contribution >= 0.6 is 0 Å². The molecule has 144 valence electrons. The van der Waals surface area contributed by atoms with E-state index in [-0.39, 0.29) is 23.1 Å². The number of carbonyl (C=O) groups is 1. The molecule has 0 radical (unpaired) electrons. The van der Waals surface area contributed by atoms with Crippen LogP contribution in [0.25, 0.3) is 0 Å². The largest absolute Gasteiger partial charge is 0.339 e. The van der Waals surface area contributed by atoms with Crippen molar-refractivity contribution >= 4 is 5.91 Å². The Morgan fingerprint density at radius 3 is 2.68 bits per heavy atom. The third kappa shape index (κ3) is 3.63. The maximum Gasteiger partial charge on any atom is 0.261 e. The van der Waals surface area contributed by atoms with E-state index in [0.717, 1.165) is 54.6 Å². The summed E-state index contributed by atoms with van der Waals surface area (Å²) in [6.45, 7) is 0. The maximum atomic E-state index is 13.1. The summed E-state index contributed by atoms with van der Waals surface area (Å²) in [5.74, 6) is -0.372. The molecule has 4 rings (SSSR count). The average molecular weight is 376 g/mol. The fourth-order valence-corrected chi connectivity index (χ4v) is 3.87. The van der Waals surface area contributed by atoms with Gasteiger partial charge in [0.05, 0.1) is 11.7 Å². The van der Waals surface area contributed by atoms with Gasteiger partial charge in [-0.15, -0.1) is 0 Å². The van der Waals surface area contributed by atoms with Gasteiger partial charge in [-0.05, 0) is 48.9 Å². The molecule has 1 aliphatic rings. The number of benzene rings is 1. The van der Waals surface area contributed by atoms with Gasteiger partial charge in [0.25, 0.3) is 11.5 Å². The molecule has 1 aliphatic carbocycles. The van der Waals surface area contributed by atoms with E-state index in [9.17, 15) is 9.59 Å². The van der Waals surface area contributed by atoms with E-state index >= 15 is 0 Å². The Morgan fingerprint density at radius 1 is 1.14 bits per heavy atom. The Labute approximate surface area is 163 Å². The zero-order valence-corrected chi connectivity index (χ0v) is 15.9. The van der Waals surface area contributed by atoms with Gasteiger partial charge in [0.15, 0.2) is 0 Å². The fourth-order valence-electron chi connectivity index (χ4n) is 3.87. The molecule has 3 aromatic rings. The zero-order valence-electron chi connectivity index (χ0n) is 15.9. The number of aryl methyl sites for hydroxylation is 3. The van der Waals surface area contributed by atoms with Crippen molar-refractivity contribution in [3.05, 3.63) is 87.1 Å². The normalized spacial score (nSPS) is 14.8. The molecule has 1 aromatic carbocycles. The minimum Gasteiger partial charge on any atom is -0.339 e. The van der Waals surface area contributed by atoms with Crippen LogP contribution in [-0.4, -0.2) is 20.7 Å². The van der Waals surface area contributed by atoms with Crippen LogP contribution in [0.15, 0.2) is 53.5 Å². The summed E-state index contributed by atoms with van der Waals surface area (Å²) in [5.41, 5.74) is 3.69. The molecule has 0 fully saturated rings. The summed E-state index contributed by atoms with van der Waals surface area (Å²) in [5, 5.41) is 7.26. The van der Waals surface area contributed by atoms with Crippen molar-refractivity contribution in [3.63, 3.8) is 0 Å². The molecule has 0 spiro atoms. The van der Waals surface area contributed by atoms with Crippen LogP contribution in [0, 0.1) is 0 Å². The third-order valence-corrected chi connectivity index (χ3v) is 5.40. The molecule has 2 aromatic heterocycles. The first-order valence-corrected chi connectivity index (χ1v) is 9.72. The predicted octanol–water partition coefficient (Wildman–Crippen LogP) is 2.90. The summed E-state index contributed by atoms with van der Waals surface area (Å²) in [7, 11) is 1.84. The van der Waals surface area contributed by atoms with Crippen molar-refractivity contribution in [2.24, 2.45) is 7.05 Å². The molecule has 0 saturated heterocycles. The van der Waals surface area contributed by atoms with Crippen LogP contribution in [-0.2, 0) is 19.9 Å². The highest BCUT2D eigenvalue weighted by atomic mass is 16.2. The highest BCUT2D eigenvalue weighted by Gasteiger charge is 2.23. The topological polar surface area (TPSA) is 79.8 Å². The molecule has 2 heterocycles. The molecule has 0 bridgehead atoms. The van der Waals surface area contributed by atoms with Crippen molar-refractivity contribution in [2.45, 2.75) is 38.1 Å². The highest BCUT2D eigenvalue weighted by Crippen LogP contribution is 2.22. The number of pyridine rings is 1. The molecular formula is C22H24N4O2. The van der Waals surface area contributed by atoms with Crippen LogP contribution in [0.2, 0.25) is 0 Å². The summed E-state index contributed by atoms with van der Waals surface area (Å²) in [6.07, 6.45) is 6.78. The lowest BCUT2D eigenvalue weighted by atomic mass is 10.0. The molecule has 6 heteroatoms. The Kier molecular flexibility index (Phi) is 5.10. The van der Waals surface area contributed by atoms with E-state index in [1.165, 1.54) is 0 Å². The lowest BCUT2D eigenvalue weighted by Gasteiger charge is -2.20. The van der Waals surface area contributed by atoms with Gasteiger partial charge >= 0.3 is 0 Å². The molecule has 28 heavy (non-hydrogen) atoms. The average Bonchev–Trinajstić information content (AvgIpc) is 2.99. The van der Waals surface area contributed by atoms with E-state index < -0.39 is 0 Å². The number of aromatic amines is 1. The number of carbonyl (C=O) groups excluding carboxylic acids is 1. The van der Waals surface area contributed by atoms with Crippen molar-refractivity contribution in [2.75, 3.05) is 0 Å². The molecular weight excluding hydrogens is 352 g/mol. The maximum absolute atomic E-state index is 13.1. The van der Waals surface area contributed by atoms with Gasteiger partial charge in [0.2, 0.25) is 0 Å². The van der Waals surface area contributed by atoms with Gasteiger partial charge in [-0.3, -0.25) is 14.3 Å². The number of amides is 1. The first kappa shape index (κ1) is 18.2. The van der Waals surface area contributed by atoms with E-state index in [1.54, 1.807) is 16.9 Å². The predicted molar refractivity (Wildman–Crippen MR) is 107 cm³/mol. The van der Waals surface area contributed by atoms with E-state index in [2.05, 4.69) is 15.4 Å². The minimum absolute atomic E-state index is 0.170. The number of hydrogen-bond donors (Lipinski definition) is 2. The second-order valence-electron chi connectivity index (χ2n) is 7.27. The van der Waals surface area contributed by atoms with Crippen LogP contribution in [0.1, 0.15) is 58.2 Å². The van der Waals surface area contributed by atoms with E-state index in [4.69, 9.17) is 0 Å². The van der Waals surface area contributed by atoms with Crippen molar-refractivity contribution in [3.8, 4) is 0 Å². The molecule has 2 N–H and O–H groups in total. The molecule has 0 aliphatic heterocycles. The third-order valence-electron chi connectivity index (χ3n) is 5.40. The standard InChI is InChI=1S/C22H24N4O2/c1-26-19(12-13-23-26)20(15-8-4-2-5-9-15)25-22(28)17-14-16-10-6-3-7-11-18(16)24-21(17)27/h2,4-5,8-9,12-14,20H,3,6-7,10-11H2,1H3,(H,24,27)(H,25,28)/t20-/m1/s1. The summed E-state index contributed by atoms with van der Waals surface area (Å²) in [4.78, 5) is 28.6. The summed E-state index contributed by atoms with van der Waals surface area (Å²) >= 11 is 0. The highest BCUT2D eigenvalue weighted by molar-refractivity contribution is 5.94. The first-order chi connectivity index (χ1) is 13.6. The quantitative estimate of drug-likeness (QED) is 0.687. The Bertz CT molecular complexity index is 1040. The lowest BCUT2D eigenvalue weighted by Crippen LogP contribution is -2.34. The number of fused-ring (bicyclic) bond motifs is 1. The lowest BCUT2D eigenvalue weighted by molar-refractivity contribution is 0.0940. The summed E-state index contributed by atoms with van der Waals surface area (Å²) in [6, 6.07) is 13.0. The molecule has 0 saturated carbocycles. The van der Waals surface area contributed by atoms with E-state index in [0.29, 0.717) is 0 Å². The zero-order chi connectivity index (χ0) is 19.5. The van der Waals surface area contributed by atoms with Gasteiger partial charge < -0.3 is 10.3 Å². The Balaban J connectivity index is 1.68. The van der Waals surface area contributed by atoms with Crippen molar-refractivity contribution in [1.82, 2.24) is 20.1 Å². The van der Waals surface area contributed by atoms with Crippen LogP contribution in [0.3, 0.4) is 0 Å². The molecule has 1 atom stereocenters.